The van der Waals surface area contributed by atoms with Crippen LogP contribution in [0.25, 0.3) is 11.5 Å². The van der Waals surface area contributed by atoms with Gasteiger partial charge in [-0.05, 0) is 30.3 Å². The van der Waals surface area contributed by atoms with Crippen LogP contribution in [0.3, 0.4) is 0 Å². The summed E-state index contributed by atoms with van der Waals surface area (Å²) in [6.07, 6.45) is 3.28. The Bertz CT molecular complexity index is 831. The van der Waals surface area contributed by atoms with Crippen LogP contribution in [-0.2, 0) is 11.3 Å². The lowest BCUT2D eigenvalue weighted by molar-refractivity contribution is -0.123. The number of carbonyl (C=O) groups is 1. The topological polar surface area (TPSA) is 73.6 Å². The van der Waals surface area contributed by atoms with Crippen molar-refractivity contribution in [3.05, 3.63) is 66.6 Å². The number of hydrogen-bond acceptors (Lipinski definition) is 5. The molecule has 1 aromatic carbocycles. The number of amides is 1. The predicted molar refractivity (Wildman–Crippen MR) is 92.3 cm³/mol. The van der Waals surface area contributed by atoms with Gasteiger partial charge < -0.3 is 19.2 Å². The molecule has 0 spiro atoms. The van der Waals surface area contributed by atoms with E-state index in [4.69, 9.17) is 13.9 Å². The molecule has 25 heavy (non-hydrogen) atoms. The zero-order valence-electron chi connectivity index (χ0n) is 13.8. The molecule has 3 aromatic rings. The van der Waals surface area contributed by atoms with E-state index in [9.17, 15) is 4.79 Å². The van der Waals surface area contributed by atoms with Crippen molar-refractivity contribution in [3.8, 4) is 23.0 Å². The summed E-state index contributed by atoms with van der Waals surface area (Å²) in [7, 11) is 1.58. The van der Waals surface area contributed by atoms with Crippen molar-refractivity contribution in [1.29, 1.82) is 0 Å². The van der Waals surface area contributed by atoms with Crippen LogP contribution in [-0.4, -0.2) is 24.6 Å². The molecule has 1 amide bonds. The standard InChI is InChI=1S/C19H18N2O4/c1-23-15-6-2-7-16(11-15)25-13-18(22)21-12-14-5-3-9-20-19(14)17-8-4-10-24-17/h2-11H,12-13H2,1H3,(H,21,22). The summed E-state index contributed by atoms with van der Waals surface area (Å²) < 4.78 is 16.0. The Labute approximate surface area is 145 Å². The maximum absolute atomic E-state index is 12.0. The quantitative estimate of drug-likeness (QED) is 0.717. The molecule has 0 saturated heterocycles. The summed E-state index contributed by atoms with van der Waals surface area (Å²) in [6.45, 7) is 0.258. The second-order valence-corrected chi connectivity index (χ2v) is 5.23. The van der Waals surface area contributed by atoms with Crippen molar-refractivity contribution in [2.75, 3.05) is 13.7 Å². The molecule has 6 nitrogen and oxygen atoms in total. The molecule has 2 heterocycles. The highest BCUT2D eigenvalue weighted by Gasteiger charge is 2.10. The van der Waals surface area contributed by atoms with E-state index < -0.39 is 0 Å². The SMILES string of the molecule is COc1cccc(OCC(=O)NCc2cccnc2-c2ccco2)c1. The molecule has 0 aliphatic heterocycles. The molecule has 128 valence electrons. The van der Waals surface area contributed by atoms with Gasteiger partial charge >= 0.3 is 0 Å². The van der Waals surface area contributed by atoms with E-state index in [1.54, 1.807) is 43.8 Å². The first-order chi connectivity index (χ1) is 12.3. The Balaban J connectivity index is 1.56. The molecule has 0 fully saturated rings. The van der Waals surface area contributed by atoms with Gasteiger partial charge in [0.25, 0.3) is 5.91 Å². The molecule has 0 bridgehead atoms. The molecule has 0 radical (unpaired) electrons. The molecule has 1 N–H and O–H groups in total. The first kappa shape index (κ1) is 16.6. The van der Waals surface area contributed by atoms with E-state index in [-0.39, 0.29) is 12.5 Å². The van der Waals surface area contributed by atoms with Crippen molar-refractivity contribution in [2.24, 2.45) is 0 Å². The largest absolute Gasteiger partial charge is 0.497 e. The zero-order valence-corrected chi connectivity index (χ0v) is 13.8. The normalized spacial score (nSPS) is 10.3. The number of rotatable bonds is 7. The van der Waals surface area contributed by atoms with Gasteiger partial charge in [0.15, 0.2) is 12.4 Å². The minimum atomic E-state index is -0.225. The fraction of sp³-hybridized carbons (Fsp3) is 0.158. The fourth-order valence-corrected chi connectivity index (χ4v) is 2.30. The third-order valence-electron chi connectivity index (χ3n) is 3.53. The minimum absolute atomic E-state index is 0.0798. The van der Waals surface area contributed by atoms with Crippen molar-refractivity contribution in [1.82, 2.24) is 10.3 Å². The molecule has 6 heteroatoms. The van der Waals surface area contributed by atoms with Crippen molar-refractivity contribution < 1.29 is 18.7 Å². The van der Waals surface area contributed by atoms with Gasteiger partial charge in [0.1, 0.15) is 17.2 Å². The van der Waals surface area contributed by atoms with E-state index >= 15 is 0 Å². The van der Waals surface area contributed by atoms with Gasteiger partial charge in [-0.25, -0.2) is 0 Å². The number of pyridine rings is 1. The second kappa shape index (κ2) is 8.01. The number of furan rings is 1. The summed E-state index contributed by atoms with van der Waals surface area (Å²) in [6, 6.07) is 14.5. The Morgan fingerprint density at radius 1 is 1.16 bits per heavy atom. The number of methoxy groups -OCH3 is 1. The minimum Gasteiger partial charge on any atom is -0.497 e. The number of benzene rings is 1. The number of ether oxygens (including phenoxy) is 2. The third kappa shape index (κ3) is 4.38. The first-order valence-electron chi connectivity index (χ1n) is 7.77. The fourth-order valence-electron chi connectivity index (χ4n) is 2.30. The Hall–Kier alpha value is -3.28. The summed E-state index contributed by atoms with van der Waals surface area (Å²) in [5.74, 6) is 1.69. The Morgan fingerprint density at radius 3 is 2.84 bits per heavy atom. The van der Waals surface area contributed by atoms with Crippen LogP contribution in [0, 0.1) is 0 Å². The molecule has 0 unspecified atom stereocenters. The van der Waals surface area contributed by atoms with Crippen LogP contribution in [0.2, 0.25) is 0 Å². The highest BCUT2D eigenvalue weighted by atomic mass is 16.5. The lowest BCUT2D eigenvalue weighted by Crippen LogP contribution is -2.28. The highest BCUT2D eigenvalue weighted by molar-refractivity contribution is 5.77. The summed E-state index contributed by atoms with van der Waals surface area (Å²) in [4.78, 5) is 16.4. The molecule has 0 aliphatic rings. The Kier molecular flexibility index (Phi) is 5.31. The van der Waals surface area contributed by atoms with E-state index in [1.807, 2.05) is 24.3 Å². The lowest BCUT2D eigenvalue weighted by atomic mass is 10.1. The maximum atomic E-state index is 12.0. The van der Waals surface area contributed by atoms with Crippen LogP contribution in [0.4, 0.5) is 0 Å². The van der Waals surface area contributed by atoms with Gasteiger partial charge in [0, 0.05) is 24.4 Å². The smallest absolute Gasteiger partial charge is 0.258 e. The average molecular weight is 338 g/mol. The summed E-state index contributed by atoms with van der Waals surface area (Å²) >= 11 is 0. The maximum Gasteiger partial charge on any atom is 0.258 e. The van der Waals surface area contributed by atoms with Gasteiger partial charge in [-0.1, -0.05) is 12.1 Å². The van der Waals surface area contributed by atoms with Crippen molar-refractivity contribution in [2.45, 2.75) is 6.54 Å². The van der Waals surface area contributed by atoms with Crippen LogP contribution < -0.4 is 14.8 Å². The summed E-state index contributed by atoms with van der Waals surface area (Å²) in [5, 5.41) is 2.82. The van der Waals surface area contributed by atoms with Gasteiger partial charge in [0.2, 0.25) is 0 Å². The van der Waals surface area contributed by atoms with Crippen LogP contribution in [0.5, 0.6) is 11.5 Å². The molecule has 0 atom stereocenters. The van der Waals surface area contributed by atoms with Crippen LogP contribution >= 0.6 is 0 Å². The third-order valence-corrected chi connectivity index (χ3v) is 3.53. The number of nitrogens with one attached hydrogen (secondary N) is 1. The number of hydrogen-bond donors (Lipinski definition) is 1. The van der Waals surface area contributed by atoms with Crippen LogP contribution in [0.15, 0.2) is 65.4 Å². The van der Waals surface area contributed by atoms with Crippen molar-refractivity contribution >= 4 is 5.91 Å². The van der Waals surface area contributed by atoms with E-state index in [1.165, 1.54) is 0 Å². The molecular weight excluding hydrogens is 320 g/mol. The zero-order chi connectivity index (χ0) is 17.5. The molecule has 3 rings (SSSR count). The van der Waals surface area contributed by atoms with E-state index in [0.29, 0.717) is 29.5 Å². The van der Waals surface area contributed by atoms with Gasteiger partial charge in [0.05, 0.1) is 13.4 Å². The average Bonchev–Trinajstić information content (AvgIpc) is 3.19. The number of carbonyl (C=O) groups excluding carboxylic acids is 1. The van der Waals surface area contributed by atoms with Gasteiger partial charge in [-0.3, -0.25) is 9.78 Å². The molecule has 2 aromatic heterocycles. The molecule has 0 saturated carbocycles. The lowest BCUT2D eigenvalue weighted by Gasteiger charge is -2.10. The second-order valence-electron chi connectivity index (χ2n) is 5.23. The van der Waals surface area contributed by atoms with Gasteiger partial charge in [-0.15, -0.1) is 0 Å². The van der Waals surface area contributed by atoms with Gasteiger partial charge in [-0.2, -0.15) is 0 Å². The highest BCUT2D eigenvalue weighted by Crippen LogP contribution is 2.21. The Morgan fingerprint density at radius 2 is 2.04 bits per heavy atom. The first-order valence-corrected chi connectivity index (χ1v) is 7.77. The number of nitrogens with zero attached hydrogens (tertiary/aromatic N) is 1. The number of aromatic nitrogens is 1. The van der Waals surface area contributed by atoms with Crippen molar-refractivity contribution in [3.63, 3.8) is 0 Å². The monoisotopic (exact) mass is 338 g/mol. The summed E-state index contributed by atoms with van der Waals surface area (Å²) in [5.41, 5.74) is 1.58. The predicted octanol–water partition coefficient (Wildman–Crippen LogP) is 3.05. The van der Waals surface area contributed by atoms with E-state index in [2.05, 4.69) is 10.3 Å². The molecule has 0 aliphatic carbocycles. The molecular formula is C19H18N2O4. The van der Waals surface area contributed by atoms with E-state index in [0.717, 1.165) is 5.56 Å². The van der Waals surface area contributed by atoms with Crippen LogP contribution in [0.1, 0.15) is 5.56 Å².